The van der Waals surface area contributed by atoms with Crippen molar-refractivity contribution in [2.75, 3.05) is 75.2 Å². The van der Waals surface area contributed by atoms with Crippen molar-refractivity contribution in [3.8, 4) is 0 Å². The minimum atomic E-state index is -3.93. The molecule has 0 radical (unpaired) electrons. The van der Waals surface area contributed by atoms with Crippen molar-refractivity contribution in [2.45, 2.75) is 11.8 Å². The summed E-state index contributed by atoms with van der Waals surface area (Å²) >= 11 is 3.29. The standard InChI is InChI=1S/C19H29BrN4O8S2/c1-4-34(30,31)18-14-16(24(26)27)15(19(25)23-9-7-21(2)8-10-23)13-17(18)22(6-5-20)11-12-32-33(3,28)29/h13-14H,4-12H2,1-3H3. The maximum absolute atomic E-state index is 13.3. The van der Waals surface area contributed by atoms with Gasteiger partial charge in [-0.3, -0.25) is 19.1 Å². The number of sulfone groups is 1. The van der Waals surface area contributed by atoms with Gasteiger partial charge in [0.2, 0.25) is 0 Å². The van der Waals surface area contributed by atoms with E-state index < -0.39 is 36.5 Å². The lowest BCUT2D eigenvalue weighted by molar-refractivity contribution is -0.385. The van der Waals surface area contributed by atoms with Crippen molar-refractivity contribution in [3.05, 3.63) is 27.8 Å². The zero-order valence-electron chi connectivity index (χ0n) is 19.3. The second-order valence-corrected chi connectivity index (χ2v) is 12.5. The molecule has 15 heteroatoms. The third kappa shape index (κ3) is 7.34. The fraction of sp³-hybridized carbons (Fsp3) is 0.632. The Labute approximate surface area is 208 Å². The predicted molar refractivity (Wildman–Crippen MR) is 131 cm³/mol. The van der Waals surface area contributed by atoms with E-state index in [9.17, 15) is 31.7 Å². The van der Waals surface area contributed by atoms with E-state index in [0.717, 1.165) is 12.3 Å². The Morgan fingerprint density at radius 1 is 1.18 bits per heavy atom. The summed E-state index contributed by atoms with van der Waals surface area (Å²) in [4.78, 5) is 29.1. The molecule has 1 fully saturated rings. The number of rotatable bonds is 11. The Bertz CT molecular complexity index is 1120. The maximum Gasteiger partial charge on any atom is 0.283 e. The smallest absolute Gasteiger partial charge is 0.283 e. The van der Waals surface area contributed by atoms with E-state index in [2.05, 4.69) is 15.9 Å². The van der Waals surface area contributed by atoms with Crippen molar-refractivity contribution in [1.82, 2.24) is 9.80 Å². The van der Waals surface area contributed by atoms with Crippen LogP contribution in [-0.2, 0) is 24.1 Å². The highest BCUT2D eigenvalue weighted by Gasteiger charge is 2.32. The second kappa shape index (κ2) is 11.7. The molecule has 0 N–H and O–H groups in total. The number of nitro benzene ring substituents is 1. The van der Waals surface area contributed by atoms with E-state index in [1.54, 1.807) is 0 Å². The van der Waals surface area contributed by atoms with Crippen molar-refractivity contribution >= 4 is 53.2 Å². The van der Waals surface area contributed by atoms with Crippen LogP contribution in [0.4, 0.5) is 11.4 Å². The zero-order valence-corrected chi connectivity index (χ0v) is 22.5. The number of hydrogen-bond acceptors (Lipinski definition) is 10. The summed E-state index contributed by atoms with van der Waals surface area (Å²) in [5.74, 6) is -0.877. The fourth-order valence-corrected chi connectivity index (χ4v) is 5.38. The number of carbonyl (C=O) groups is 1. The van der Waals surface area contributed by atoms with Crippen LogP contribution < -0.4 is 4.90 Å². The lowest BCUT2D eigenvalue weighted by Gasteiger charge is -2.33. The minimum absolute atomic E-state index is 0.0230. The van der Waals surface area contributed by atoms with Gasteiger partial charge in [-0.1, -0.05) is 22.9 Å². The number of nitro groups is 1. The first-order valence-electron chi connectivity index (χ1n) is 10.5. The van der Waals surface area contributed by atoms with Crippen molar-refractivity contribution < 1.29 is 30.7 Å². The van der Waals surface area contributed by atoms with Gasteiger partial charge in [-0.25, -0.2) is 8.42 Å². The molecule has 1 amide bonds. The summed E-state index contributed by atoms with van der Waals surface area (Å²) in [7, 11) is -5.75. The molecule has 0 aliphatic carbocycles. The third-order valence-corrected chi connectivity index (χ3v) is 8.07. The summed E-state index contributed by atoms with van der Waals surface area (Å²) < 4.78 is 53.3. The highest BCUT2D eigenvalue weighted by atomic mass is 79.9. The van der Waals surface area contributed by atoms with Gasteiger partial charge < -0.3 is 14.7 Å². The fourth-order valence-electron chi connectivity index (χ4n) is 3.47. The summed E-state index contributed by atoms with van der Waals surface area (Å²) in [5.41, 5.74) is -0.726. The number of benzene rings is 1. The molecule has 0 atom stereocenters. The number of nitrogens with zero attached hydrogens (tertiary/aromatic N) is 4. The molecule has 1 heterocycles. The van der Waals surface area contributed by atoms with Crippen LogP contribution >= 0.6 is 15.9 Å². The SMILES string of the molecule is CCS(=O)(=O)c1cc([N+](=O)[O-])c(C(=O)N2CCN(C)CC2)cc1N(CCBr)CCOS(C)(=O)=O. The third-order valence-electron chi connectivity index (χ3n) is 5.36. The van der Waals surface area contributed by atoms with Gasteiger partial charge in [0, 0.05) is 50.7 Å². The number of carbonyl (C=O) groups excluding carboxylic acids is 1. The zero-order chi connectivity index (χ0) is 25.7. The van der Waals surface area contributed by atoms with Crippen LogP contribution in [-0.4, -0.2) is 108 Å². The molecule has 0 aromatic heterocycles. The van der Waals surface area contributed by atoms with Crippen molar-refractivity contribution in [2.24, 2.45) is 0 Å². The molecule has 0 saturated carbocycles. The van der Waals surface area contributed by atoms with E-state index in [1.807, 2.05) is 11.9 Å². The highest BCUT2D eigenvalue weighted by Crippen LogP contribution is 2.34. The van der Waals surface area contributed by atoms with Gasteiger partial charge in [0.1, 0.15) is 5.56 Å². The molecular formula is C19H29BrN4O8S2. The number of halogens is 1. The number of anilines is 1. The van der Waals surface area contributed by atoms with E-state index in [4.69, 9.17) is 4.18 Å². The molecule has 192 valence electrons. The van der Waals surface area contributed by atoms with Crippen LogP contribution in [0.25, 0.3) is 0 Å². The van der Waals surface area contributed by atoms with Gasteiger partial charge >= 0.3 is 0 Å². The van der Waals surface area contributed by atoms with Crippen LogP contribution in [0.1, 0.15) is 17.3 Å². The Morgan fingerprint density at radius 3 is 2.29 bits per heavy atom. The summed E-state index contributed by atoms with van der Waals surface area (Å²) in [5, 5.41) is 12.2. The molecule has 0 spiro atoms. The van der Waals surface area contributed by atoms with Crippen molar-refractivity contribution in [1.29, 1.82) is 0 Å². The molecule has 1 saturated heterocycles. The van der Waals surface area contributed by atoms with Crippen LogP contribution in [0.15, 0.2) is 17.0 Å². The molecule has 1 aliphatic rings. The van der Waals surface area contributed by atoms with Gasteiger partial charge in [0.15, 0.2) is 9.84 Å². The lowest BCUT2D eigenvalue weighted by Crippen LogP contribution is -2.47. The molecule has 12 nitrogen and oxygen atoms in total. The average molecular weight is 585 g/mol. The molecule has 0 bridgehead atoms. The largest absolute Gasteiger partial charge is 0.367 e. The van der Waals surface area contributed by atoms with Crippen molar-refractivity contribution in [3.63, 3.8) is 0 Å². The number of hydrogen-bond donors (Lipinski definition) is 0. The Morgan fingerprint density at radius 2 is 1.79 bits per heavy atom. The van der Waals surface area contributed by atoms with E-state index in [-0.39, 0.29) is 41.6 Å². The molecule has 1 aromatic carbocycles. The van der Waals surface area contributed by atoms with E-state index in [1.165, 1.54) is 22.8 Å². The van der Waals surface area contributed by atoms with E-state index in [0.29, 0.717) is 31.5 Å². The molecule has 2 rings (SSSR count). The van der Waals surface area contributed by atoms with Gasteiger partial charge in [-0.15, -0.1) is 0 Å². The van der Waals surface area contributed by atoms with Crippen LogP contribution in [0.5, 0.6) is 0 Å². The predicted octanol–water partition coefficient (Wildman–Crippen LogP) is 0.954. The Balaban J connectivity index is 2.63. The molecular weight excluding hydrogens is 556 g/mol. The molecule has 1 aliphatic heterocycles. The molecule has 1 aromatic rings. The number of piperazine rings is 1. The van der Waals surface area contributed by atoms with Gasteiger partial charge in [-0.2, -0.15) is 8.42 Å². The topological polar surface area (TPSA) is 147 Å². The van der Waals surface area contributed by atoms with Crippen LogP contribution in [0.2, 0.25) is 0 Å². The van der Waals surface area contributed by atoms with Crippen LogP contribution in [0, 0.1) is 10.1 Å². The first-order valence-corrected chi connectivity index (χ1v) is 15.1. The summed E-state index contributed by atoms with van der Waals surface area (Å²) in [6.45, 7) is 3.32. The quantitative estimate of drug-likeness (QED) is 0.159. The number of amides is 1. The second-order valence-electron chi connectivity index (χ2n) is 7.80. The summed E-state index contributed by atoms with van der Waals surface area (Å²) in [6.07, 6.45) is 0.896. The van der Waals surface area contributed by atoms with Gasteiger partial charge in [0.05, 0.1) is 34.1 Å². The maximum atomic E-state index is 13.3. The first kappa shape index (κ1) is 28.4. The summed E-state index contributed by atoms with van der Waals surface area (Å²) in [6, 6.07) is 2.15. The minimum Gasteiger partial charge on any atom is -0.367 e. The van der Waals surface area contributed by atoms with E-state index >= 15 is 0 Å². The molecule has 0 unspecified atom stereocenters. The normalized spacial score (nSPS) is 15.4. The Kier molecular flexibility index (Phi) is 9.82. The highest BCUT2D eigenvalue weighted by molar-refractivity contribution is 9.09. The monoisotopic (exact) mass is 584 g/mol. The van der Waals surface area contributed by atoms with Gasteiger partial charge in [0.25, 0.3) is 21.7 Å². The van der Waals surface area contributed by atoms with Crippen LogP contribution in [0.3, 0.4) is 0 Å². The average Bonchev–Trinajstić information content (AvgIpc) is 2.76. The lowest BCUT2D eigenvalue weighted by atomic mass is 10.1. The Hall–Kier alpha value is -1.81. The first-order chi connectivity index (χ1) is 15.8. The van der Waals surface area contributed by atoms with Gasteiger partial charge in [-0.05, 0) is 13.1 Å². The number of alkyl halides is 1. The molecule has 34 heavy (non-hydrogen) atoms. The number of likely N-dealkylation sites (N-methyl/N-ethyl adjacent to an activating group) is 1.